The van der Waals surface area contributed by atoms with Gasteiger partial charge in [0.25, 0.3) is 0 Å². The van der Waals surface area contributed by atoms with Crippen molar-refractivity contribution in [3.63, 3.8) is 0 Å². The molecule has 0 fully saturated rings. The average molecular weight is 424 g/mol. The lowest BCUT2D eigenvalue weighted by Crippen LogP contribution is -2.16. The Morgan fingerprint density at radius 1 is 1.19 bits per heavy atom. The van der Waals surface area contributed by atoms with Crippen LogP contribution in [0.4, 0.5) is 5.69 Å². The molecule has 0 aliphatic rings. The summed E-state index contributed by atoms with van der Waals surface area (Å²) in [6.45, 7) is 4.76. The molecular weight excluding hydrogens is 394 g/mol. The van der Waals surface area contributed by atoms with Crippen LogP contribution in [0, 0.1) is 25.2 Å². The Labute approximate surface area is 183 Å². The number of anilines is 1. The molecule has 0 saturated carbocycles. The van der Waals surface area contributed by atoms with E-state index in [2.05, 4.69) is 0 Å². The van der Waals surface area contributed by atoms with Crippen molar-refractivity contribution in [2.45, 2.75) is 26.8 Å². The van der Waals surface area contributed by atoms with Gasteiger partial charge < -0.3 is 18.9 Å². The first-order chi connectivity index (χ1) is 14.8. The number of ether oxygens (including phenoxy) is 2. The second-order valence-electron chi connectivity index (χ2n) is 7.44. The normalized spacial score (nSPS) is 11.2. The Bertz CT molecular complexity index is 995. The highest BCUT2D eigenvalue weighted by Crippen LogP contribution is 2.18. The first-order valence-electron chi connectivity index (χ1n) is 10.0. The van der Waals surface area contributed by atoms with Gasteiger partial charge >= 0.3 is 5.97 Å². The fourth-order valence-electron chi connectivity index (χ4n) is 3.25. The second kappa shape index (κ2) is 11.1. The van der Waals surface area contributed by atoms with E-state index < -0.39 is 12.6 Å². The van der Waals surface area contributed by atoms with E-state index in [-0.39, 0.29) is 11.4 Å². The lowest BCUT2D eigenvalue weighted by Gasteiger charge is -2.11. The average Bonchev–Trinajstić information content (AvgIpc) is 3.04. The van der Waals surface area contributed by atoms with Gasteiger partial charge in [-0.15, -0.1) is 0 Å². The molecule has 0 amide bonds. The van der Waals surface area contributed by atoms with E-state index in [9.17, 15) is 14.9 Å². The van der Waals surface area contributed by atoms with Gasteiger partial charge in [0, 0.05) is 57.0 Å². The number of ketones is 1. The summed E-state index contributed by atoms with van der Waals surface area (Å²) in [5.41, 5.74) is 3.85. The largest absolute Gasteiger partial charge is 0.453 e. The van der Waals surface area contributed by atoms with Crippen LogP contribution >= 0.6 is 0 Å². The summed E-state index contributed by atoms with van der Waals surface area (Å²) in [5.74, 6) is -1.12. The first-order valence-corrected chi connectivity index (χ1v) is 10.0. The van der Waals surface area contributed by atoms with Crippen molar-refractivity contribution in [2.75, 3.05) is 39.3 Å². The molecule has 1 heterocycles. The van der Waals surface area contributed by atoms with Crippen molar-refractivity contribution in [2.24, 2.45) is 0 Å². The van der Waals surface area contributed by atoms with Crippen molar-refractivity contribution in [3.8, 4) is 6.07 Å². The zero-order valence-electron chi connectivity index (χ0n) is 18.8. The summed E-state index contributed by atoms with van der Waals surface area (Å²) in [6.07, 6.45) is 2.29. The Hall–Kier alpha value is -3.37. The van der Waals surface area contributed by atoms with E-state index >= 15 is 0 Å². The van der Waals surface area contributed by atoms with Crippen molar-refractivity contribution in [1.29, 1.82) is 5.26 Å². The minimum absolute atomic E-state index is 0.157. The van der Waals surface area contributed by atoms with Gasteiger partial charge in [0.2, 0.25) is 5.78 Å². The summed E-state index contributed by atoms with van der Waals surface area (Å²) in [7, 11) is 5.51. The molecule has 0 aliphatic heterocycles. The van der Waals surface area contributed by atoms with Crippen LogP contribution in [0.5, 0.6) is 0 Å². The summed E-state index contributed by atoms with van der Waals surface area (Å²) in [6, 6.07) is 11.0. The molecule has 7 nitrogen and oxygen atoms in total. The lowest BCUT2D eigenvalue weighted by molar-refractivity contribution is -0.137. The maximum Gasteiger partial charge on any atom is 0.349 e. The number of nitrogens with zero attached hydrogens (tertiary/aromatic N) is 3. The van der Waals surface area contributed by atoms with Gasteiger partial charge in [0.15, 0.2) is 6.61 Å². The van der Waals surface area contributed by atoms with Crippen LogP contribution in [0.25, 0.3) is 6.08 Å². The minimum Gasteiger partial charge on any atom is -0.453 e. The summed E-state index contributed by atoms with van der Waals surface area (Å²) >= 11 is 0. The van der Waals surface area contributed by atoms with E-state index in [1.807, 2.05) is 67.7 Å². The number of benzene rings is 1. The smallest absolute Gasteiger partial charge is 0.349 e. The fourth-order valence-corrected chi connectivity index (χ4v) is 3.25. The molecule has 0 unspecified atom stereocenters. The van der Waals surface area contributed by atoms with Crippen LogP contribution < -0.4 is 4.90 Å². The monoisotopic (exact) mass is 423 g/mol. The molecule has 0 spiro atoms. The highest BCUT2D eigenvalue weighted by molar-refractivity contribution is 6.02. The number of aryl methyl sites for hydroxylation is 1. The van der Waals surface area contributed by atoms with E-state index in [0.29, 0.717) is 17.7 Å². The van der Waals surface area contributed by atoms with Crippen molar-refractivity contribution >= 4 is 23.5 Å². The van der Waals surface area contributed by atoms with Crippen molar-refractivity contribution in [3.05, 3.63) is 58.4 Å². The highest BCUT2D eigenvalue weighted by atomic mass is 16.5. The third-order valence-electron chi connectivity index (χ3n) is 5.00. The Morgan fingerprint density at radius 3 is 2.45 bits per heavy atom. The Kier molecular flexibility index (Phi) is 8.59. The number of hydrogen-bond acceptors (Lipinski definition) is 6. The molecule has 0 atom stereocenters. The number of aromatic nitrogens is 1. The number of carbonyl (C=O) groups is 2. The van der Waals surface area contributed by atoms with Gasteiger partial charge in [-0.2, -0.15) is 5.26 Å². The van der Waals surface area contributed by atoms with Gasteiger partial charge in [-0.25, -0.2) is 4.79 Å². The zero-order valence-corrected chi connectivity index (χ0v) is 18.8. The lowest BCUT2D eigenvalue weighted by atomic mass is 10.1. The molecule has 1 aromatic heterocycles. The quantitative estimate of drug-likeness (QED) is 0.191. The predicted molar refractivity (Wildman–Crippen MR) is 120 cm³/mol. The van der Waals surface area contributed by atoms with Crippen molar-refractivity contribution in [1.82, 2.24) is 4.57 Å². The maximum absolute atomic E-state index is 12.6. The van der Waals surface area contributed by atoms with Crippen molar-refractivity contribution < 1.29 is 19.1 Å². The molecule has 7 heteroatoms. The number of methoxy groups -OCH3 is 1. The van der Waals surface area contributed by atoms with E-state index in [4.69, 9.17) is 9.47 Å². The fraction of sp³-hybridized carbons (Fsp3) is 0.375. The predicted octanol–water partition coefficient (Wildman–Crippen LogP) is 3.54. The molecule has 2 aromatic rings. The Morgan fingerprint density at radius 2 is 1.87 bits per heavy atom. The molecular formula is C24H29N3O4. The molecule has 164 valence electrons. The van der Waals surface area contributed by atoms with E-state index in [1.54, 1.807) is 13.2 Å². The molecule has 31 heavy (non-hydrogen) atoms. The molecule has 0 bridgehead atoms. The third-order valence-corrected chi connectivity index (χ3v) is 5.00. The van der Waals surface area contributed by atoms with E-state index in [0.717, 1.165) is 30.0 Å². The van der Waals surface area contributed by atoms with Gasteiger partial charge in [-0.05, 0) is 50.1 Å². The number of carbonyl (C=O) groups excluding carboxylic acids is 2. The standard InChI is InChI=1S/C24H29N3O4/c1-17-13-22(18(2)27(17)11-6-12-30-5)23(28)16-31-24(29)20(15-25)14-19-7-9-21(10-8-19)26(3)4/h7-10,13-14H,6,11-12,16H2,1-5H3/b20-14+. The topological polar surface area (TPSA) is 84.6 Å². The summed E-state index contributed by atoms with van der Waals surface area (Å²) in [4.78, 5) is 26.9. The second-order valence-corrected chi connectivity index (χ2v) is 7.44. The van der Waals surface area contributed by atoms with E-state index in [1.165, 1.54) is 6.08 Å². The molecule has 0 aliphatic carbocycles. The number of nitriles is 1. The molecule has 0 saturated heterocycles. The zero-order chi connectivity index (χ0) is 23.0. The molecule has 1 aromatic carbocycles. The number of Topliss-reactive ketones (excluding diaryl/α,β-unsaturated/α-hetero) is 1. The van der Waals surface area contributed by atoms with Gasteiger partial charge in [0.05, 0.1) is 0 Å². The SMILES string of the molecule is COCCCn1c(C)cc(C(=O)COC(=O)/C(C#N)=C/c2ccc(N(C)C)cc2)c1C. The molecule has 0 N–H and O–H groups in total. The Balaban J connectivity index is 2.04. The maximum atomic E-state index is 12.6. The third kappa shape index (κ3) is 6.30. The van der Waals surface area contributed by atoms with Gasteiger partial charge in [-0.3, -0.25) is 4.79 Å². The van der Waals surface area contributed by atoms with Crippen LogP contribution in [-0.4, -0.2) is 50.7 Å². The minimum atomic E-state index is -0.818. The van der Waals surface area contributed by atoms with Crippen LogP contribution in [-0.2, 0) is 20.8 Å². The summed E-state index contributed by atoms with van der Waals surface area (Å²) in [5, 5.41) is 9.34. The van der Waals surface area contributed by atoms with Crippen LogP contribution in [0.2, 0.25) is 0 Å². The summed E-state index contributed by atoms with van der Waals surface area (Å²) < 4.78 is 12.3. The number of hydrogen-bond donors (Lipinski definition) is 0. The first kappa shape index (κ1) is 23.9. The van der Waals surface area contributed by atoms with Gasteiger partial charge in [0.1, 0.15) is 11.6 Å². The highest BCUT2D eigenvalue weighted by Gasteiger charge is 2.19. The van der Waals surface area contributed by atoms with Crippen LogP contribution in [0.3, 0.4) is 0 Å². The van der Waals surface area contributed by atoms with Crippen LogP contribution in [0.1, 0.15) is 33.7 Å². The van der Waals surface area contributed by atoms with Gasteiger partial charge in [-0.1, -0.05) is 12.1 Å². The van der Waals surface area contributed by atoms with Crippen LogP contribution in [0.15, 0.2) is 35.9 Å². The number of rotatable bonds is 10. The number of esters is 1. The molecule has 0 radical (unpaired) electrons. The molecule has 2 rings (SSSR count).